The molecule has 0 aliphatic rings. The van der Waals surface area contributed by atoms with Crippen LogP contribution in [-0.2, 0) is 0 Å². The maximum absolute atomic E-state index is 10.2. The molecule has 0 saturated carbocycles. The van der Waals surface area contributed by atoms with Gasteiger partial charge in [0, 0.05) is 11.8 Å². The Morgan fingerprint density at radius 1 is 1.10 bits per heavy atom. The van der Waals surface area contributed by atoms with Crippen LogP contribution in [0.15, 0.2) is 53.5 Å². The lowest BCUT2D eigenvalue weighted by atomic mass is 10.0. The van der Waals surface area contributed by atoms with Crippen molar-refractivity contribution in [2.75, 3.05) is 0 Å². The fraction of sp³-hybridized carbons (Fsp3) is 0.235. The second kappa shape index (κ2) is 6.35. The molecule has 0 aromatic heterocycles. The summed E-state index contributed by atoms with van der Waals surface area (Å²) in [5.74, 6) is 0.195. The summed E-state index contributed by atoms with van der Waals surface area (Å²) in [6.45, 7) is 3.81. The van der Waals surface area contributed by atoms with E-state index in [4.69, 9.17) is 0 Å². The minimum Gasteiger partial charge on any atom is -0.507 e. The minimum absolute atomic E-state index is 0.195. The van der Waals surface area contributed by atoms with Crippen LogP contribution >= 0.6 is 0 Å². The number of aryl methyl sites for hydroxylation is 1. The largest absolute Gasteiger partial charge is 0.507 e. The number of rotatable bonds is 4. The summed E-state index contributed by atoms with van der Waals surface area (Å²) >= 11 is 0. The Morgan fingerprint density at radius 2 is 1.80 bits per heavy atom. The average molecular weight is 269 g/mol. The van der Waals surface area contributed by atoms with E-state index >= 15 is 0 Å². The fourth-order valence-corrected chi connectivity index (χ4v) is 1.99. The number of phenols is 1. The van der Waals surface area contributed by atoms with Crippen molar-refractivity contribution in [1.82, 2.24) is 0 Å². The van der Waals surface area contributed by atoms with E-state index in [0.29, 0.717) is 5.56 Å². The van der Waals surface area contributed by atoms with E-state index in [9.17, 15) is 10.2 Å². The van der Waals surface area contributed by atoms with Gasteiger partial charge in [-0.1, -0.05) is 42.0 Å². The van der Waals surface area contributed by atoms with Gasteiger partial charge in [0.2, 0.25) is 0 Å². The highest BCUT2D eigenvalue weighted by molar-refractivity contribution is 5.83. The summed E-state index contributed by atoms with van der Waals surface area (Å²) in [6.07, 6.45) is 0.957. The quantitative estimate of drug-likeness (QED) is 0.837. The van der Waals surface area contributed by atoms with Gasteiger partial charge >= 0.3 is 0 Å². The highest BCUT2D eigenvalue weighted by atomic mass is 16.3. The van der Waals surface area contributed by atoms with Crippen molar-refractivity contribution in [3.8, 4) is 5.75 Å². The van der Waals surface area contributed by atoms with E-state index in [1.54, 1.807) is 12.3 Å². The van der Waals surface area contributed by atoms with Gasteiger partial charge in [-0.3, -0.25) is 4.99 Å². The molecule has 2 aromatic rings. The molecule has 0 fully saturated rings. The first-order valence-electron chi connectivity index (χ1n) is 6.63. The Labute approximate surface area is 119 Å². The standard InChI is InChI=1S/C17H19NO2/c1-12-8-9-16(19)15(10-12)11-18-13(2)17(20)14-6-4-3-5-7-14/h3-11,13,17,19-20H,1-2H3/t13-,17-/m1/s1. The highest BCUT2D eigenvalue weighted by Crippen LogP contribution is 2.20. The monoisotopic (exact) mass is 269 g/mol. The number of aliphatic hydroxyl groups excluding tert-OH is 1. The van der Waals surface area contributed by atoms with Crippen LogP contribution in [0.4, 0.5) is 0 Å². The molecule has 104 valence electrons. The van der Waals surface area contributed by atoms with Gasteiger partial charge in [0.15, 0.2) is 0 Å². The van der Waals surface area contributed by atoms with E-state index in [1.165, 1.54) is 0 Å². The molecule has 2 rings (SSSR count). The molecule has 0 unspecified atom stereocenters. The Hall–Kier alpha value is -2.13. The van der Waals surface area contributed by atoms with E-state index in [0.717, 1.165) is 11.1 Å². The zero-order valence-corrected chi connectivity index (χ0v) is 11.7. The van der Waals surface area contributed by atoms with Gasteiger partial charge in [0.05, 0.1) is 6.04 Å². The Bertz CT molecular complexity index is 593. The lowest BCUT2D eigenvalue weighted by Gasteiger charge is -2.15. The van der Waals surface area contributed by atoms with E-state index in [-0.39, 0.29) is 11.8 Å². The topological polar surface area (TPSA) is 52.8 Å². The predicted molar refractivity (Wildman–Crippen MR) is 81.3 cm³/mol. The molecule has 0 aliphatic carbocycles. The predicted octanol–water partition coefficient (Wildman–Crippen LogP) is 3.24. The Morgan fingerprint density at radius 3 is 2.50 bits per heavy atom. The molecule has 2 aromatic carbocycles. The zero-order chi connectivity index (χ0) is 14.5. The average Bonchev–Trinajstić information content (AvgIpc) is 2.48. The summed E-state index contributed by atoms with van der Waals surface area (Å²) in [6, 6.07) is 14.5. The van der Waals surface area contributed by atoms with Gasteiger partial charge in [0.1, 0.15) is 11.9 Å². The van der Waals surface area contributed by atoms with Crippen molar-refractivity contribution >= 4 is 6.21 Å². The summed E-state index contributed by atoms with van der Waals surface area (Å²) in [7, 11) is 0. The lowest BCUT2D eigenvalue weighted by molar-refractivity contribution is 0.154. The number of aromatic hydroxyl groups is 1. The zero-order valence-electron chi connectivity index (χ0n) is 11.7. The van der Waals surface area contributed by atoms with Crippen molar-refractivity contribution in [3.05, 3.63) is 65.2 Å². The van der Waals surface area contributed by atoms with Crippen LogP contribution in [0.2, 0.25) is 0 Å². The molecule has 0 bridgehead atoms. The van der Waals surface area contributed by atoms with E-state index < -0.39 is 6.10 Å². The molecule has 2 N–H and O–H groups in total. The minimum atomic E-state index is -0.653. The number of aliphatic imine (C=N–C) groups is 1. The summed E-state index contributed by atoms with van der Waals surface area (Å²) < 4.78 is 0. The van der Waals surface area contributed by atoms with Crippen LogP contribution in [0, 0.1) is 6.92 Å². The summed E-state index contributed by atoms with van der Waals surface area (Å²) in [5, 5.41) is 20.0. The van der Waals surface area contributed by atoms with Crippen molar-refractivity contribution in [2.45, 2.75) is 26.0 Å². The maximum Gasteiger partial charge on any atom is 0.124 e. The maximum atomic E-state index is 10.2. The molecule has 3 heteroatoms. The molecular weight excluding hydrogens is 250 g/mol. The third kappa shape index (κ3) is 3.45. The normalized spacial score (nSPS) is 14.3. The first kappa shape index (κ1) is 14.3. The number of benzene rings is 2. The molecule has 0 saturated heterocycles. The number of nitrogens with zero attached hydrogens (tertiary/aromatic N) is 1. The molecular formula is C17H19NO2. The van der Waals surface area contributed by atoms with Crippen molar-refractivity contribution in [2.24, 2.45) is 4.99 Å². The molecule has 0 aliphatic heterocycles. The van der Waals surface area contributed by atoms with Crippen molar-refractivity contribution < 1.29 is 10.2 Å². The van der Waals surface area contributed by atoms with Gasteiger partial charge in [-0.2, -0.15) is 0 Å². The highest BCUT2D eigenvalue weighted by Gasteiger charge is 2.14. The Kier molecular flexibility index (Phi) is 4.53. The van der Waals surface area contributed by atoms with Gasteiger partial charge in [-0.25, -0.2) is 0 Å². The van der Waals surface area contributed by atoms with Crippen molar-refractivity contribution in [3.63, 3.8) is 0 Å². The van der Waals surface area contributed by atoms with Gasteiger partial charge in [-0.15, -0.1) is 0 Å². The molecule has 0 spiro atoms. The third-order valence-corrected chi connectivity index (χ3v) is 3.23. The van der Waals surface area contributed by atoms with Crippen LogP contribution in [0.25, 0.3) is 0 Å². The number of hydrogen-bond donors (Lipinski definition) is 2. The number of phenolic OH excluding ortho intramolecular Hbond substituents is 1. The molecule has 2 atom stereocenters. The number of aliphatic hydroxyl groups is 1. The van der Waals surface area contributed by atoms with Crippen LogP contribution in [0.1, 0.15) is 29.7 Å². The Balaban J connectivity index is 2.13. The summed E-state index contributed by atoms with van der Waals surface area (Å²) in [4.78, 5) is 4.34. The van der Waals surface area contributed by atoms with Crippen LogP contribution < -0.4 is 0 Å². The first-order chi connectivity index (χ1) is 9.58. The molecule has 20 heavy (non-hydrogen) atoms. The van der Waals surface area contributed by atoms with Gasteiger partial charge in [-0.05, 0) is 31.5 Å². The van der Waals surface area contributed by atoms with Crippen molar-refractivity contribution in [1.29, 1.82) is 0 Å². The number of hydrogen-bond acceptors (Lipinski definition) is 3. The molecule has 3 nitrogen and oxygen atoms in total. The van der Waals surface area contributed by atoms with E-state index in [1.807, 2.05) is 56.3 Å². The second-order valence-electron chi connectivity index (χ2n) is 4.94. The lowest BCUT2D eigenvalue weighted by Crippen LogP contribution is -2.12. The second-order valence-corrected chi connectivity index (χ2v) is 4.94. The molecule has 0 heterocycles. The van der Waals surface area contributed by atoms with Gasteiger partial charge < -0.3 is 10.2 Å². The smallest absolute Gasteiger partial charge is 0.124 e. The van der Waals surface area contributed by atoms with Crippen LogP contribution in [0.5, 0.6) is 5.75 Å². The fourth-order valence-electron chi connectivity index (χ4n) is 1.99. The summed E-state index contributed by atoms with van der Waals surface area (Å²) in [5.41, 5.74) is 2.56. The molecule has 0 amide bonds. The third-order valence-electron chi connectivity index (χ3n) is 3.23. The van der Waals surface area contributed by atoms with Crippen LogP contribution in [-0.4, -0.2) is 22.5 Å². The van der Waals surface area contributed by atoms with E-state index in [2.05, 4.69) is 4.99 Å². The molecule has 0 radical (unpaired) electrons. The van der Waals surface area contributed by atoms with Crippen LogP contribution in [0.3, 0.4) is 0 Å². The SMILES string of the molecule is Cc1ccc(O)c(C=N[C@H](C)[C@@H](O)c2ccccc2)c1. The first-order valence-corrected chi connectivity index (χ1v) is 6.63. The van der Waals surface area contributed by atoms with Gasteiger partial charge in [0.25, 0.3) is 0 Å².